The number of nitrogens with zero attached hydrogens (tertiary/aromatic N) is 2. The van der Waals surface area contributed by atoms with Crippen LogP contribution in [0.1, 0.15) is 5.56 Å². The van der Waals surface area contributed by atoms with Gasteiger partial charge in [-0.15, -0.1) is 0 Å². The Morgan fingerprint density at radius 3 is 2.87 bits per heavy atom. The molecule has 0 saturated heterocycles. The van der Waals surface area contributed by atoms with Gasteiger partial charge in [0, 0.05) is 11.8 Å². The molecule has 0 bridgehead atoms. The van der Waals surface area contributed by atoms with Crippen molar-refractivity contribution in [3.05, 3.63) is 23.9 Å². The first-order valence-corrected chi connectivity index (χ1v) is 4.45. The van der Waals surface area contributed by atoms with E-state index in [0.717, 1.165) is 11.1 Å². The molecule has 0 radical (unpaired) electrons. The topological polar surface area (TPSA) is 74.2 Å². The summed E-state index contributed by atoms with van der Waals surface area (Å²) in [7, 11) is 1.56. The van der Waals surface area contributed by atoms with E-state index < -0.39 is 0 Å². The summed E-state index contributed by atoms with van der Waals surface area (Å²) in [5.41, 5.74) is 7.81. The molecule has 5 nitrogen and oxygen atoms in total. The van der Waals surface area contributed by atoms with Gasteiger partial charge in [-0.3, -0.25) is 0 Å². The van der Waals surface area contributed by atoms with Crippen LogP contribution in [0, 0.1) is 6.92 Å². The average Bonchev–Trinajstić information content (AvgIpc) is 2.60. The lowest BCUT2D eigenvalue weighted by molar-refractivity contribution is 0.398. The molecule has 78 valence electrons. The van der Waals surface area contributed by atoms with Crippen LogP contribution in [0.4, 0.5) is 5.88 Å². The third-order valence-electron chi connectivity index (χ3n) is 2.18. The lowest BCUT2D eigenvalue weighted by atomic mass is 10.1. The van der Waals surface area contributed by atoms with Gasteiger partial charge in [-0.2, -0.15) is 0 Å². The number of aromatic nitrogens is 2. The zero-order chi connectivity index (χ0) is 10.8. The van der Waals surface area contributed by atoms with Gasteiger partial charge in [0.05, 0.1) is 12.7 Å². The molecule has 0 aliphatic carbocycles. The molecule has 0 aliphatic heterocycles. The standard InChI is InChI=1S/C10H11N3O2/c1-6-8(13-15-9(6)11)7-4-3-5-12-10(7)14-2/h3-5H,11H2,1-2H3. The molecule has 2 N–H and O–H groups in total. The Balaban J connectivity index is 2.58. The molecule has 0 unspecified atom stereocenters. The van der Waals surface area contributed by atoms with Gasteiger partial charge in [0.2, 0.25) is 11.8 Å². The van der Waals surface area contributed by atoms with Crippen LogP contribution in [0.3, 0.4) is 0 Å². The number of ether oxygens (including phenoxy) is 1. The molecule has 0 amide bonds. The number of anilines is 1. The second-order valence-electron chi connectivity index (χ2n) is 3.08. The van der Waals surface area contributed by atoms with Crippen LogP contribution >= 0.6 is 0 Å². The van der Waals surface area contributed by atoms with Gasteiger partial charge in [0.15, 0.2) is 0 Å². The van der Waals surface area contributed by atoms with Crippen LogP contribution in [0.2, 0.25) is 0 Å². The SMILES string of the molecule is COc1ncccc1-c1noc(N)c1C. The van der Waals surface area contributed by atoms with E-state index in [1.165, 1.54) is 0 Å². The second-order valence-corrected chi connectivity index (χ2v) is 3.08. The smallest absolute Gasteiger partial charge is 0.225 e. The number of nitrogens with two attached hydrogens (primary N) is 1. The molecule has 2 aromatic rings. The van der Waals surface area contributed by atoms with E-state index in [1.54, 1.807) is 13.3 Å². The van der Waals surface area contributed by atoms with Crippen LogP contribution in [-0.2, 0) is 0 Å². The predicted molar refractivity (Wildman–Crippen MR) is 55.4 cm³/mol. The highest BCUT2D eigenvalue weighted by molar-refractivity contribution is 5.70. The van der Waals surface area contributed by atoms with Gasteiger partial charge in [-0.1, -0.05) is 5.16 Å². The summed E-state index contributed by atoms with van der Waals surface area (Å²) in [6.45, 7) is 1.84. The Hall–Kier alpha value is -2.04. The Morgan fingerprint density at radius 2 is 2.27 bits per heavy atom. The number of rotatable bonds is 2. The first-order chi connectivity index (χ1) is 7.24. The second kappa shape index (κ2) is 3.61. The van der Waals surface area contributed by atoms with Gasteiger partial charge in [0.25, 0.3) is 0 Å². The highest BCUT2D eigenvalue weighted by Gasteiger charge is 2.15. The van der Waals surface area contributed by atoms with E-state index >= 15 is 0 Å². The van der Waals surface area contributed by atoms with Crippen molar-refractivity contribution in [2.75, 3.05) is 12.8 Å². The molecule has 5 heteroatoms. The van der Waals surface area contributed by atoms with Crippen molar-refractivity contribution in [3.8, 4) is 17.1 Å². The number of methoxy groups -OCH3 is 1. The summed E-state index contributed by atoms with van der Waals surface area (Å²) in [6.07, 6.45) is 1.65. The number of hydrogen-bond donors (Lipinski definition) is 1. The average molecular weight is 205 g/mol. The summed E-state index contributed by atoms with van der Waals surface area (Å²) in [5, 5.41) is 3.87. The molecular formula is C10H11N3O2. The number of nitrogen functional groups attached to an aromatic ring is 1. The van der Waals surface area contributed by atoms with Crippen molar-refractivity contribution < 1.29 is 9.26 Å². The monoisotopic (exact) mass is 205 g/mol. The minimum absolute atomic E-state index is 0.316. The van der Waals surface area contributed by atoms with E-state index in [0.29, 0.717) is 17.5 Å². The minimum Gasteiger partial charge on any atom is -0.481 e. The predicted octanol–water partition coefficient (Wildman–Crippen LogP) is 1.64. The molecule has 2 rings (SSSR count). The maximum absolute atomic E-state index is 5.58. The number of hydrogen-bond acceptors (Lipinski definition) is 5. The fourth-order valence-electron chi connectivity index (χ4n) is 1.33. The summed E-state index contributed by atoms with van der Waals surface area (Å²) >= 11 is 0. The highest BCUT2D eigenvalue weighted by Crippen LogP contribution is 2.31. The van der Waals surface area contributed by atoms with E-state index in [4.69, 9.17) is 15.0 Å². The third kappa shape index (κ3) is 1.52. The first-order valence-electron chi connectivity index (χ1n) is 4.45. The lowest BCUT2D eigenvalue weighted by Crippen LogP contribution is -1.92. The largest absolute Gasteiger partial charge is 0.481 e. The Kier molecular flexibility index (Phi) is 2.29. The molecule has 2 heterocycles. The van der Waals surface area contributed by atoms with Crippen LogP contribution in [-0.4, -0.2) is 17.3 Å². The van der Waals surface area contributed by atoms with Crippen molar-refractivity contribution in [2.24, 2.45) is 0 Å². The van der Waals surface area contributed by atoms with Crippen molar-refractivity contribution in [1.29, 1.82) is 0 Å². The Morgan fingerprint density at radius 1 is 1.47 bits per heavy atom. The van der Waals surface area contributed by atoms with Gasteiger partial charge in [-0.05, 0) is 19.1 Å². The fraction of sp³-hybridized carbons (Fsp3) is 0.200. The van der Waals surface area contributed by atoms with Crippen molar-refractivity contribution in [3.63, 3.8) is 0 Å². The van der Waals surface area contributed by atoms with Crippen molar-refractivity contribution in [1.82, 2.24) is 10.1 Å². The first kappa shape index (κ1) is 9.51. The Bertz CT molecular complexity index is 479. The van der Waals surface area contributed by atoms with Crippen molar-refractivity contribution in [2.45, 2.75) is 6.92 Å². The quantitative estimate of drug-likeness (QED) is 0.806. The summed E-state index contributed by atoms with van der Waals surface area (Å²) in [6, 6.07) is 3.66. The van der Waals surface area contributed by atoms with E-state index in [9.17, 15) is 0 Å². The maximum atomic E-state index is 5.58. The minimum atomic E-state index is 0.316. The molecule has 2 aromatic heterocycles. The van der Waals surface area contributed by atoms with E-state index in [1.807, 2.05) is 19.1 Å². The van der Waals surface area contributed by atoms with Crippen LogP contribution in [0.15, 0.2) is 22.9 Å². The molecule has 0 spiro atoms. The van der Waals surface area contributed by atoms with Crippen molar-refractivity contribution >= 4 is 5.88 Å². The fourth-order valence-corrected chi connectivity index (χ4v) is 1.33. The van der Waals surface area contributed by atoms with E-state index in [-0.39, 0.29) is 0 Å². The molecule has 0 aliphatic rings. The van der Waals surface area contributed by atoms with Gasteiger partial charge < -0.3 is 15.0 Å². The van der Waals surface area contributed by atoms with Crippen LogP contribution < -0.4 is 10.5 Å². The zero-order valence-corrected chi connectivity index (χ0v) is 8.52. The summed E-state index contributed by atoms with van der Waals surface area (Å²) in [4.78, 5) is 4.08. The normalized spacial score (nSPS) is 10.3. The van der Waals surface area contributed by atoms with Crippen LogP contribution in [0.25, 0.3) is 11.3 Å². The van der Waals surface area contributed by atoms with Gasteiger partial charge in [0.1, 0.15) is 5.69 Å². The highest BCUT2D eigenvalue weighted by atomic mass is 16.5. The van der Waals surface area contributed by atoms with Gasteiger partial charge in [-0.25, -0.2) is 4.98 Å². The molecule has 0 fully saturated rings. The lowest BCUT2D eigenvalue weighted by Gasteiger charge is -2.03. The molecule has 0 saturated carbocycles. The Labute approximate surface area is 86.9 Å². The van der Waals surface area contributed by atoms with Crippen LogP contribution in [0.5, 0.6) is 5.88 Å². The molecule has 0 atom stereocenters. The maximum Gasteiger partial charge on any atom is 0.225 e. The van der Waals surface area contributed by atoms with Gasteiger partial charge >= 0.3 is 0 Å². The summed E-state index contributed by atoms with van der Waals surface area (Å²) < 4.78 is 10.0. The third-order valence-corrected chi connectivity index (χ3v) is 2.18. The summed E-state index contributed by atoms with van der Waals surface area (Å²) in [5.74, 6) is 0.824. The molecular weight excluding hydrogens is 194 g/mol. The zero-order valence-electron chi connectivity index (χ0n) is 8.52. The number of pyridine rings is 1. The molecule has 0 aromatic carbocycles. The molecule has 15 heavy (non-hydrogen) atoms. The van der Waals surface area contributed by atoms with E-state index in [2.05, 4.69) is 10.1 Å².